The van der Waals surface area contributed by atoms with Gasteiger partial charge in [-0.25, -0.2) is 23.3 Å². The highest BCUT2D eigenvalue weighted by Gasteiger charge is 2.27. The molecule has 2 aromatic heterocycles. The van der Waals surface area contributed by atoms with Crippen molar-refractivity contribution in [2.75, 3.05) is 21.3 Å². The Labute approximate surface area is 214 Å². The van der Waals surface area contributed by atoms with Gasteiger partial charge in [-0.1, -0.05) is 13.8 Å². The fourth-order valence-electron chi connectivity index (χ4n) is 4.41. The van der Waals surface area contributed by atoms with Gasteiger partial charge < -0.3 is 18.8 Å². The van der Waals surface area contributed by atoms with Gasteiger partial charge in [-0.05, 0) is 37.5 Å². The maximum atomic E-state index is 13.3. The van der Waals surface area contributed by atoms with Crippen molar-refractivity contribution in [1.82, 2.24) is 18.7 Å². The van der Waals surface area contributed by atoms with E-state index in [0.717, 1.165) is 0 Å². The number of primary sulfonamides is 1. The fourth-order valence-corrected chi connectivity index (χ4v) is 5.29. The summed E-state index contributed by atoms with van der Waals surface area (Å²) in [6.45, 7) is 6.21. The minimum absolute atomic E-state index is 0.0756. The van der Waals surface area contributed by atoms with Crippen LogP contribution in [0.15, 0.2) is 20.6 Å². The molecule has 37 heavy (non-hydrogen) atoms. The molecule has 202 valence electrons. The molecule has 1 aromatic carbocycles. The van der Waals surface area contributed by atoms with E-state index in [0.29, 0.717) is 30.8 Å². The van der Waals surface area contributed by atoms with Crippen LogP contribution in [0.1, 0.15) is 45.0 Å². The van der Waals surface area contributed by atoms with Gasteiger partial charge in [-0.3, -0.25) is 13.9 Å². The van der Waals surface area contributed by atoms with E-state index in [1.165, 1.54) is 36.5 Å². The first kappa shape index (κ1) is 28.0. The van der Waals surface area contributed by atoms with E-state index in [-0.39, 0.29) is 45.4 Å². The number of imidazole rings is 1. The second kappa shape index (κ2) is 10.8. The number of ether oxygens (including phenoxy) is 3. The van der Waals surface area contributed by atoms with Crippen molar-refractivity contribution in [3.8, 4) is 17.2 Å². The second-order valence-corrected chi connectivity index (χ2v) is 9.99. The van der Waals surface area contributed by atoms with Crippen LogP contribution in [0.3, 0.4) is 0 Å². The van der Waals surface area contributed by atoms with Crippen LogP contribution in [0.5, 0.6) is 17.2 Å². The number of benzene rings is 1. The Hall–Kier alpha value is -3.58. The normalized spacial score (nSPS) is 12.3. The van der Waals surface area contributed by atoms with Crippen LogP contribution in [-0.2, 0) is 30.2 Å². The molecule has 3 aromatic rings. The Morgan fingerprint density at radius 2 is 1.62 bits per heavy atom. The molecule has 12 nitrogen and oxygen atoms in total. The molecular weight excluding hydrogens is 502 g/mol. The zero-order valence-corrected chi connectivity index (χ0v) is 22.9. The number of allylic oxidation sites excluding steroid dienone is 1. The third-order valence-electron chi connectivity index (χ3n) is 5.96. The van der Waals surface area contributed by atoms with E-state index in [9.17, 15) is 18.0 Å². The van der Waals surface area contributed by atoms with E-state index >= 15 is 0 Å². The highest BCUT2D eigenvalue weighted by atomic mass is 32.2. The Kier molecular flexibility index (Phi) is 8.18. The Morgan fingerprint density at radius 1 is 1.03 bits per heavy atom. The molecule has 13 heteroatoms. The lowest BCUT2D eigenvalue weighted by Gasteiger charge is -2.17. The van der Waals surface area contributed by atoms with Gasteiger partial charge in [0.05, 0.1) is 21.3 Å². The number of nitrogens with zero attached hydrogens (tertiary/aromatic N) is 4. The molecule has 0 saturated carbocycles. The number of hydrogen-bond donors (Lipinski definition) is 1. The Morgan fingerprint density at radius 3 is 2.14 bits per heavy atom. The predicted octanol–water partition coefficient (Wildman–Crippen LogP) is 1.95. The molecule has 0 fully saturated rings. The summed E-state index contributed by atoms with van der Waals surface area (Å²) in [5, 5.41) is 5.55. The molecule has 0 saturated heterocycles. The Bertz CT molecular complexity index is 1600. The number of rotatable bonds is 10. The number of aromatic nitrogens is 4. The minimum Gasteiger partial charge on any atom is -0.493 e. The third-order valence-corrected chi connectivity index (χ3v) is 6.95. The van der Waals surface area contributed by atoms with Crippen LogP contribution in [0.25, 0.3) is 22.8 Å². The number of nitrogens with two attached hydrogens (primary N) is 1. The van der Waals surface area contributed by atoms with Crippen LogP contribution in [0.2, 0.25) is 0 Å². The molecular formula is C24H33N5O7S. The van der Waals surface area contributed by atoms with Gasteiger partial charge in [0, 0.05) is 25.7 Å². The zero-order chi connectivity index (χ0) is 27.7. The van der Waals surface area contributed by atoms with Gasteiger partial charge in [0.2, 0.25) is 15.8 Å². The van der Waals surface area contributed by atoms with E-state index in [1.807, 2.05) is 13.8 Å². The van der Waals surface area contributed by atoms with Crippen LogP contribution in [0, 0.1) is 0 Å². The third kappa shape index (κ3) is 4.88. The molecule has 0 spiro atoms. The molecule has 0 unspecified atom stereocenters. The van der Waals surface area contributed by atoms with E-state index < -0.39 is 21.3 Å². The zero-order valence-electron chi connectivity index (χ0n) is 22.1. The summed E-state index contributed by atoms with van der Waals surface area (Å²) in [5.41, 5.74) is 0.396. The number of fused-ring (bicyclic) bond motifs is 1. The lowest BCUT2D eigenvalue weighted by atomic mass is 10.1. The van der Waals surface area contributed by atoms with Gasteiger partial charge >= 0.3 is 5.69 Å². The molecule has 3 rings (SSSR count). The maximum Gasteiger partial charge on any atom is 0.332 e. The SMILES string of the molecule is CCCn1c(=O)c2c(nc(C(C)=Cc3cc(OC)c(OC)c(OC)c3S(N)(=O)=O)n2C)n(CCC)c1=O. The van der Waals surface area contributed by atoms with Crippen molar-refractivity contribution in [3.63, 3.8) is 0 Å². The molecule has 0 aliphatic rings. The topological polar surface area (TPSA) is 150 Å². The number of hydrogen-bond acceptors (Lipinski definition) is 8. The smallest absolute Gasteiger partial charge is 0.332 e. The van der Waals surface area contributed by atoms with Crippen molar-refractivity contribution in [2.45, 2.75) is 51.6 Å². The maximum absolute atomic E-state index is 13.3. The highest BCUT2D eigenvalue weighted by molar-refractivity contribution is 7.89. The quantitative estimate of drug-likeness (QED) is 0.414. The first-order chi connectivity index (χ1) is 17.5. The van der Waals surface area contributed by atoms with Gasteiger partial charge in [0.25, 0.3) is 5.56 Å². The van der Waals surface area contributed by atoms with Crippen LogP contribution in [-0.4, -0.2) is 48.4 Å². The summed E-state index contributed by atoms with van der Waals surface area (Å²) >= 11 is 0. The largest absolute Gasteiger partial charge is 0.493 e. The molecule has 0 aliphatic carbocycles. The van der Waals surface area contributed by atoms with Crippen molar-refractivity contribution >= 4 is 32.8 Å². The summed E-state index contributed by atoms with van der Waals surface area (Å²) in [6.07, 6.45) is 2.84. The fraction of sp³-hybridized carbons (Fsp3) is 0.458. The van der Waals surface area contributed by atoms with Crippen molar-refractivity contribution in [3.05, 3.63) is 38.3 Å². The molecule has 2 heterocycles. The van der Waals surface area contributed by atoms with Crippen molar-refractivity contribution in [1.29, 1.82) is 0 Å². The standard InChI is InChI=1S/C24H33N5O7S/c1-8-10-28-22-17(23(30)29(11-9-2)24(28)31)27(4)21(26-22)14(3)12-15-13-16(34-5)18(35-6)19(36-7)20(15)37(25,32)33/h12-13H,8-11H2,1-7H3,(H2,25,32,33). The lowest BCUT2D eigenvalue weighted by Crippen LogP contribution is -2.40. The molecule has 0 bridgehead atoms. The predicted molar refractivity (Wildman–Crippen MR) is 141 cm³/mol. The van der Waals surface area contributed by atoms with Gasteiger partial charge in [-0.2, -0.15) is 0 Å². The second-order valence-electron chi connectivity index (χ2n) is 8.49. The number of methoxy groups -OCH3 is 3. The van der Waals surface area contributed by atoms with Crippen molar-refractivity contribution < 1.29 is 22.6 Å². The first-order valence-corrected chi connectivity index (χ1v) is 13.3. The van der Waals surface area contributed by atoms with E-state index in [4.69, 9.17) is 19.3 Å². The molecule has 0 radical (unpaired) electrons. The molecule has 2 N–H and O–H groups in total. The number of sulfonamides is 1. The first-order valence-electron chi connectivity index (χ1n) is 11.7. The molecule has 0 amide bonds. The van der Waals surface area contributed by atoms with Crippen LogP contribution in [0.4, 0.5) is 0 Å². The summed E-state index contributed by atoms with van der Waals surface area (Å²) in [6, 6.07) is 1.47. The summed E-state index contributed by atoms with van der Waals surface area (Å²) < 4.78 is 45.6. The monoisotopic (exact) mass is 535 g/mol. The molecule has 0 atom stereocenters. The van der Waals surface area contributed by atoms with E-state index in [1.54, 1.807) is 24.6 Å². The van der Waals surface area contributed by atoms with Crippen LogP contribution >= 0.6 is 0 Å². The summed E-state index contributed by atoms with van der Waals surface area (Å²) in [4.78, 5) is 30.7. The van der Waals surface area contributed by atoms with Crippen molar-refractivity contribution in [2.24, 2.45) is 12.2 Å². The summed E-state index contributed by atoms with van der Waals surface area (Å²) in [5.74, 6) is 0.578. The van der Waals surface area contributed by atoms with Gasteiger partial charge in [-0.15, -0.1) is 0 Å². The number of aryl methyl sites for hydroxylation is 2. The van der Waals surface area contributed by atoms with Gasteiger partial charge in [0.1, 0.15) is 10.7 Å². The minimum atomic E-state index is -4.27. The highest BCUT2D eigenvalue weighted by Crippen LogP contribution is 2.44. The van der Waals surface area contributed by atoms with Crippen LogP contribution < -0.4 is 30.6 Å². The van der Waals surface area contributed by atoms with E-state index in [2.05, 4.69) is 4.98 Å². The lowest BCUT2D eigenvalue weighted by molar-refractivity contribution is 0.318. The average molecular weight is 536 g/mol. The average Bonchev–Trinajstić information content (AvgIpc) is 3.19. The molecule has 0 aliphatic heterocycles. The van der Waals surface area contributed by atoms with Gasteiger partial charge in [0.15, 0.2) is 22.7 Å². The summed E-state index contributed by atoms with van der Waals surface area (Å²) in [7, 11) is 1.48. The Balaban J connectivity index is 2.40.